The molecule has 0 fully saturated rings. The van der Waals surface area contributed by atoms with Crippen molar-refractivity contribution >= 4 is 33.5 Å². The third-order valence-corrected chi connectivity index (χ3v) is 2.95. The molecule has 1 aromatic rings. The number of nitrogens with one attached hydrogen (secondary N) is 2. The highest BCUT2D eigenvalue weighted by Gasteiger charge is 2.09. The van der Waals surface area contributed by atoms with Gasteiger partial charge in [-0.3, -0.25) is 4.79 Å². The summed E-state index contributed by atoms with van der Waals surface area (Å²) in [5.74, 6) is -1.29. The van der Waals surface area contributed by atoms with E-state index in [1.807, 2.05) is 0 Å². The minimum atomic E-state index is -1.04. The van der Waals surface area contributed by atoms with E-state index in [2.05, 4.69) is 26.6 Å². The van der Waals surface area contributed by atoms with Crippen molar-refractivity contribution in [3.8, 4) is 0 Å². The third-order valence-electron chi connectivity index (χ3n) is 2.26. The topological polar surface area (TPSA) is 87.7 Å². The first-order chi connectivity index (χ1) is 9.04. The van der Waals surface area contributed by atoms with Crippen molar-refractivity contribution in [3.05, 3.63) is 28.2 Å². The summed E-state index contributed by atoms with van der Waals surface area (Å²) in [6.07, 6.45) is 0. The van der Waals surface area contributed by atoms with Gasteiger partial charge in [-0.2, -0.15) is 0 Å². The Kier molecular flexibility index (Phi) is 6.48. The number of benzene rings is 1. The summed E-state index contributed by atoms with van der Waals surface area (Å²) in [7, 11) is 1.58. The molecule has 1 amide bonds. The van der Waals surface area contributed by atoms with E-state index in [4.69, 9.17) is 9.84 Å². The van der Waals surface area contributed by atoms with Gasteiger partial charge >= 0.3 is 5.97 Å². The Morgan fingerprint density at radius 3 is 2.79 bits per heavy atom. The smallest absolute Gasteiger partial charge is 0.335 e. The maximum atomic E-state index is 11.6. The van der Waals surface area contributed by atoms with Crippen LogP contribution < -0.4 is 10.6 Å². The fourth-order valence-electron chi connectivity index (χ4n) is 1.32. The zero-order valence-electron chi connectivity index (χ0n) is 10.4. The molecule has 0 bridgehead atoms. The van der Waals surface area contributed by atoms with Crippen molar-refractivity contribution < 1.29 is 19.4 Å². The summed E-state index contributed by atoms with van der Waals surface area (Å²) in [5.41, 5.74) is 0.546. The minimum Gasteiger partial charge on any atom is -0.478 e. The summed E-state index contributed by atoms with van der Waals surface area (Å²) in [4.78, 5) is 22.5. The summed E-state index contributed by atoms with van der Waals surface area (Å²) in [6.45, 7) is 1.22. The van der Waals surface area contributed by atoms with Crippen molar-refractivity contribution in [2.45, 2.75) is 0 Å². The fraction of sp³-hybridized carbons (Fsp3) is 0.333. The molecular weight excluding hydrogens is 316 g/mol. The number of rotatable bonds is 7. The maximum Gasteiger partial charge on any atom is 0.335 e. The molecule has 0 aliphatic rings. The van der Waals surface area contributed by atoms with Crippen LogP contribution >= 0.6 is 15.9 Å². The van der Waals surface area contributed by atoms with Crippen LogP contribution in [0.25, 0.3) is 0 Å². The number of carboxylic acid groups (broad SMARTS) is 1. The molecule has 3 N–H and O–H groups in total. The number of anilines is 1. The van der Waals surface area contributed by atoms with E-state index in [-0.39, 0.29) is 18.0 Å². The highest BCUT2D eigenvalue weighted by molar-refractivity contribution is 9.10. The SMILES string of the molecule is COCCNCC(=O)Nc1cc(C(=O)O)ccc1Br. The van der Waals surface area contributed by atoms with Crippen molar-refractivity contribution in [3.63, 3.8) is 0 Å². The van der Waals surface area contributed by atoms with Crippen LogP contribution in [0.4, 0.5) is 5.69 Å². The molecule has 1 aromatic carbocycles. The highest BCUT2D eigenvalue weighted by atomic mass is 79.9. The van der Waals surface area contributed by atoms with Crippen molar-refractivity contribution in [2.24, 2.45) is 0 Å². The maximum absolute atomic E-state index is 11.6. The van der Waals surface area contributed by atoms with E-state index in [1.165, 1.54) is 12.1 Å². The molecule has 6 nitrogen and oxygen atoms in total. The summed E-state index contributed by atoms with van der Waals surface area (Å²) in [5, 5.41) is 14.4. The van der Waals surface area contributed by atoms with Gasteiger partial charge in [-0.25, -0.2) is 4.79 Å². The first-order valence-corrected chi connectivity index (χ1v) is 6.36. The predicted octanol–water partition coefficient (Wildman–Crippen LogP) is 1.32. The van der Waals surface area contributed by atoms with Gasteiger partial charge in [0.15, 0.2) is 0 Å². The molecule has 0 spiro atoms. The van der Waals surface area contributed by atoms with Crippen LogP contribution in [-0.2, 0) is 9.53 Å². The van der Waals surface area contributed by atoms with E-state index >= 15 is 0 Å². The van der Waals surface area contributed by atoms with Crippen LogP contribution in [0.15, 0.2) is 22.7 Å². The molecule has 7 heteroatoms. The molecule has 0 unspecified atom stereocenters. The monoisotopic (exact) mass is 330 g/mol. The number of carboxylic acids is 1. The molecule has 0 atom stereocenters. The summed E-state index contributed by atoms with van der Waals surface area (Å²) < 4.78 is 5.46. The second kappa shape index (κ2) is 7.88. The van der Waals surface area contributed by atoms with Gasteiger partial charge in [0.05, 0.1) is 24.4 Å². The number of methoxy groups -OCH3 is 1. The number of aromatic carboxylic acids is 1. The molecule has 0 aromatic heterocycles. The lowest BCUT2D eigenvalue weighted by Crippen LogP contribution is -2.30. The first kappa shape index (κ1) is 15.6. The van der Waals surface area contributed by atoms with Gasteiger partial charge in [-0.05, 0) is 34.1 Å². The quantitative estimate of drug-likeness (QED) is 0.656. The zero-order valence-corrected chi connectivity index (χ0v) is 12.0. The Morgan fingerprint density at radius 2 is 2.16 bits per heavy atom. The first-order valence-electron chi connectivity index (χ1n) is 5.57. The Hall–Kier alpha value is -1.44. The average Bonchev–Trinajstić information content (AvgIpc) is 2.37. The second-order valence-corrected chi connectivity index (χ2v) is 4.57. The Morgan fingerprint density at radius 1 is 1.42 bits per heavy atom. The molecule has 1 rings (SSSR count). The zero-order chi connectivity index (χ0) is 14.3. The number of ether oxygens (including phenoxy) is 1. The van der Waals surface area contributed by atoms with Crippen LogP contribution in [0, 0.1) is 0 Å². The number of halogens is 1. The van der Waals surface area contributed by atoms with E-state index in [9.17, 15) is 9.59 Å². The highest BCUT2D eigenvalue weighted by Crippen LogP contribution is 2.23. The number of hydrogen-bond donors (Lipinski definition) is 3. The van der Waals surface area contributed by atoms with Crippen LogP contribution in [0.3, 0.4) is 0 Å². The van der Waals surface area contributed by atoms with Gasteiger partial charge in [0.1, 0.15) is 0 Å². The number of amides is 1. The molecule has 104 valence electrons. The lowest BCUT2D eigenvalue weighted by atomic mass is 10.2. The van der Waals surface area contributed by atoms with Gasteiger partial charge in [-0.1, -0.05) is 0 Å². The van der Waals surface area contributed by atoms with Gasteiger partial charge in [-0.15, -0.1) is 0 Å². The van der Waals surface area contributed by atoms with Crippen molar-refractivity contribution in [1.82, 2.24) is 5.32 Å². The largest absolute Gasteiger partial charge is 0.478 e. The van der Waals surface area contributed by atoms with Crippen LogP contribution in [0.1, 0.15) is 10.4 Å². The molecular formula is C12H15BrN2O4. The van der Waals surface area contributed by atoms with Gasteiger partial charge in [0.2, 0.25) is 5.91 Å². The van der Waals surface area contributed by atoms with E-state index in [0.29, 0.717) is 23.3 Å². The molecule has 0 aliphatic heterocycles. The minimum absolute atomic E-state index is 0.117. The van der Waals surface area contributed by atoms with E-state index < -0.39 is 5.97 Å². The predicted molar refractivity (Wildman–Crippen MR) is 74.5 cm³/mol. The molecule has 0 saturated heterocycles. The number of carbonyl (C=O) groups excluding carboxylic acids is 1. The molecule has 0 radical (unpaired) electrons. The fourth-order valence-corrected chi connectivity index (χ4v) is 1.67. The molecule has 19 heavy (non-hydrogen) atoms. The third kappa shape index (κ3) is 5.37. The number of hydrogen-bond acceptors (Lipinski definition) is 4. The summed E-state index contributed by atoms with van der Waals surface area (Å²) >= 11 is 3.25. The average molecular weight is 331 g/mol. The van der Waals surface area contributed by atoms with Crippen LogP contribution in [0.5, 0.6) is 0 Å². The van der Waals surface area contributed by atoms with Crippen LogP contribution in [-0.4, -0.2) is 43.8 Å². The molecule has 0 aliphatic carbocycles. The summed E-state index contributed by atoms with van der Waals surface area (Å²) in [6, 6.07) is 4.44. The lowest BCUT2D eigenvalue weighted by Gasteiger charge is -2.09. The van der Waals surface area contributed by atoms with Crippen molar-refractivity contribution in [1.29, 1.82) is 0 Å². The molecule has 0 heterocycles. The van der Waals surface area contributed by atoms with Crippen LogP contribution in [0.2, 0.25) is 0 Å². The lowest BCUT2D eigenvalue weighted by molar-refractivity contribution is -0.115. The second-order valence-electron chi connectivity index (χ2n) is 3.72. The van der Waals surface area contributed by atoms with E-state index in [1.54, 1.807) is 13.2 Å². The van der Waals surface area contributed by atoms with Crippen molar-refractivity contribution in [2.75, 3.05) is 32.1 Å². The normalized spacial score (nSPS) is 10.2. The molecule has 0 saturated carbocycles. The Bertz CT molecular complexity index is 465. The standard InChI is InChI=1S/C12H15BrN2O4/c1-19-5-4-14-7-11(16)15-10-6-8(12(17)18)2-3-9(10)13/h2-3,6,14H,4-5,7H2,1H3,(H,15,16)(H,17,18). The Labute approximate surface area is 119 Å². The van der Waals surface area contributed by atoms with Gasteiger partial charge in [0, 0.05) is 18.1 Å². The number of carbonyl (C=O) groups is 2. The van der Waals surface area contributed by atoms with Gasteiger partial charge in [0.25, 0.3) is 0 Å². The van der Waals surface area contributed by atoms with Gasteiger partial charge < -0.3 is 20.5 Å². The van der Waals surface area contributed by atoms with E-state index in [0.717, 1.165) is 0 Å². The Balaban J connectivity index is 2.58.